The summed E-state index contributed by atoms with van der Waals surface area (Å²) in [5.74, 6) is 6.00. The number of aliphatic hydroxyl groups excluding tert-OH is 4. The molecular weight excluding hydrogens is 432 g/mol. The van der Waals surface area contributed by atoms with Gasteiger partial charge in [-0.1, -0.05) is 0 Å². The average Bonchev–Trinajstić information content (AvgIpc) is 2.60. The van der Waals surface area contributed by atoms with E-state index in [4.69, 9.17) is 25.2 Å². The molecule has 0 aliphatic carbocycles. The maximum atomic E-state index is 10.3. The van der Waals surface area contributed by atoms with Gasteiger partial charge in [0, 0.05) is 57.5 Å². The van der Waals surface area contributed by atoms with E-state index in [0.717, 1.165) is 23.0 Å². The molecule has 0 aromatic rings. The van der Waals surface area contributed by atoms with Gasteiger partial charge >= 0.3 is 0 Å². The second-order valence-electron chi connectivity index (χ2n) is 5.96. The Bertz CT molecular complexity index is 298. The van der Waals surface area contributed by atoms with Gasteiger partial charge in [0.15, 0.2) is 0 Å². The van der Waals surface area contributed by atoms with Gasteiger partial charge in [0.2, 0.25) is 0 Å². The molecule has 0 bridgehead atoms. The van der Waals surface area contributed by atoms with Crippen LogP contribution in [0.15, 0.2) is 0 Å². The second-order valence-corrected chi connectivity index (χ2v) is 14.9. The highest BCUT2D eigenvalue weighted by molar-refractivity contribution is 8.29. The number of hydrogen-bond donors (Lipinski definition) is 6. The van der Waals surface area contributed by atoms with Gasteiger partial charge < -0.3 is 34.3 Å². The summed E-state index contributed by atoms with van der Waals surface area (Å²) < 4.78 is 26.2. The lowest BCUT2D eigenvalue weighted by molar-refractivity contribution is 0.167. The molecule has 0 unspecified atom stereocenters. The summed E-state index contributed by atoms with van der Waals surface area (Å²) in [5, 5.41) is 36.0. The van der Waals surface area contributed by atoms with Crippen molar-refractivity contribution in [3.05, 3.63) is 0 Å². The first-order valence-electron chi connectivity index (χ1n) is 9.09. The van der Waals surface area contributed by atoms with Gasteiger partial charge in [-0.3, -0.25) is 0 Å². The van der Waals surface area contributed by atoms with E-state index < -0.39 is 20.6 Å². The normalized spacial score (nSPS) is 13.9. The number of hydrogen-bond acceptors (Lipinski definition) is 9. The lowest BCUT2D eigenvalue weighted by Gasteiger charge is -2.32. The molecule has 0 heterocycles. The van der Waals surface area contributed by atoms with Crippen LogP contribution in [0.3, 0.4) is 0 Å². The Kier molecular flexibility index (Phi) is 18.7. The molecule has 0 aliphatic heterocycles. The van der Waals surface area contributed by atoms with Crippen LogP contribution in [-0.4, -0.2) is 127 Å². The Morgan fingerprint density at radius 3 is 1.15 bits per heavy atom. The van der Waals surface area contributed by atoms with Gasteiger partial charge in [-0.05, 0) is 0 Å². The van der Waals surface area contributed by atoms with E-state index in [1.807, 2.05) is 0 Å². The Labute approximate surface area is 175 Å². The molecule has 0 saturated heterocycles. The molecular formula is C16H38O7S4. The predicted molar refractivity (Wildman–Crippen MR) is 123 cm³/mol. The average molecular weight is 471 g/mol. The van der Waals surface area contributed by atoms with Crippen LogP contribution in [0, 0.1) is 0 Å². The fraction of sp³-hybridized carbons (Fsp3) is 1.00. The van der Waals surface area contributed by atoms with Gasteiger partial charge in [-0.25, -0.2) is 0 Å². The Hall–Kier alpha value is 1.12. The van der Waals surface area contributed by atoms with Gasteiger partial charge in [-0.2, -0.15) is 23.5 Å². The summed E-state index contributed by atoms with van der Waals surface area (Å²) in [4.78, 5) is 0. The molecule has 0 saturated carbocycles. The van der Waals surface area contributed by atoms with Crippen molar-refractivity contribution in [3.63, 3.8) is 0 Å². The molecule has 7 nitrogen and oxygen atoms in total. The largest absolute Gasteiger partial charge is 0.395 e. The van der Waals surface area contributed by atoms with Crippen molar-refractivity contribution < 1.29 is 34.3 Å². The highest BCUT2D eigenvalue weighted by atomic mass is 32.3. The molecule has 0 radical (unpaired) electrons. The number of aliphatic hydroxyl groups is 4. The number of ether oxygens (including phenoxy) is 1. The predicted octanol–water partition coefficient (Wildman–Crippen LogP) is 0.994. The first kappa shape index (κ1) is 28.1. The van der Waals surface area contributed by atoms with Crippen LogP contribution in [0.1, 0.15) is 0 Å². The Morgan fingerprint density at radius 2 is 0.852 bits per heavy atom. The van der Waals surface area contributed by atoms with Crippen LogP contribution in [0.2, 0.25) is 0 Å². The van der Waals surface area contributed by atoms with Crippen molar-refractivity contribution in [1.82, 2.24) is 0 Å². The second kappa shape index (κ2) is 17.9. The van der Waals surface area contributed by atoms with Crippen molar-refractivity contribution in [2.24, 2.45) is 0 Å². The van der Waals surface area contributed by atoms with E-state index in [2.05, 4.69) is 0 Å². The maximum Gasteiger partial charge on any atom is 0.0557 e. The van der Waals surface area contributed by atoms with Crippen LogP contribution < -0.4 is 0 Å². The quantitative estimate of drug-likeness (QED) is 0.144. The van der Waals surface area contributed by atoms with E-state index in [-0.39, 0.29) is 26.4 Å². The van der Waals surface area contributed by atoms with Gasteiger partial charge in [-0.15, -0.1) is 20.6 Å². The van der Waals surface area contributed by atoms with Crippen molar-refractivity contribution in [3.8, 4) is 0 Å². The first-order valence-corrected chi connectivity index (χ1v) is 15.6. The van der Waals surface area contributed by atoms with Crippen molar-refractivity contribution in [2.75, 3.05) is 97.2 Å². The van der Waals surface area contributed by atoms with Crippen LogP contribution >= 0.6 is 44.1 Å². The first-order chi connectivity index (χ1) is 12.9. The highest BCUT2D eigenvalue weighted by Crippen LogP contribution is 2.43. The standard InChI is InChI=1S/C16H38O7S4/c17-1-11-26(21,12-2-18)15-9-24-7-5-23-6-8-25-10-16-27(22,13-3-19)14-4-20/h17-22H,1-16H2. The molecule has 0 atom stereocenters. The van der Waals surface area contributed by atoms with Crippen LogP contribution in [0.5, 0.6) is 0 Å². The summed E-state index contributed by atoms with van der Waals surface area (Å²) in [6.45, 7) is 1.10. The summed E-state index contributed by atoms with van der Waals surface area (Å²) in [6.07, 6.45) is 0. The van der Waals surface area contributed by atoms with Gasteiger partial charge in [0.05, 0.1) is 39.6 Å². The monoisotopic (exact) mass is 470 g/mol. The van der Waals surface area contributed by atoms with E-state index in [0.29, 0.717) is 47.7 Å². The zero-order valence-electron chi connectivity index (χ0n) is 16.0. The molecule has 0 aliphatic rings. The molecule has 0 spiro atoms. The zero-order valence-corrected chi connectivity index (χ0v) is 19.3. The summed E-state index contributed by atoms with van der Waals surface area (Å²) in [5.41, 5.74) is 0. The minimum atomic E-state index is -1.88. The molecule has 0 rings (SSSR count). The molecule has 0 aromatic heterocycles. The van der Waals surface area contributed by atoms with Crippen molar-refractivity contribution in [2.45, 2.75) is 0 Å². The number of thioether (sulfide) groups is 2. The molecule has 0 amide bonds. The Balaban J connectivity index is 3.59. The minimum Gasteiger partial charge on any atom is -0.395 e. The third kappa shape index (κ3) is 15.6. The zero-order chi connectivity index (χ0) is 20.4. The minimum absolute atomic E-state index is 0.0455. The molecule has 168 valence electrons. The SMILES string of the molecule is OCCS(O)(CCO)CCSCCOCCSCCS(O)(CCO)CCO. The Morgan fingerprint density at radius 1 is 0.519 bits per heavy atom. The topological polar surface area (TPSA) is 131 Å². The van der Waals surface area contributed by atoms with Gasteiger partial charge in [0.25, 0.3) is 0 Å². The van der Waals surface area contributed by atoms with Crippen LogP contribution in [-0.2, 0) is 4.74 Å². The highest BCUT2D eigenvalue weighted by Gasteiger charge is 2.20. The molecule has 27 heavy (non-hydrogen) atoms. The van der Waals surface area contributed by atoms with E-state index in [9.17, 15) is 9.11 Å². The van der Waals surface area contributed by atoms with E-state index in [1.165, 1.54) is 0 Å². The third-order valence-electron chi connectivity index (χ3n) is 3.84. The summed E-state index contributed by atoms with van der Waals surface area (Å²) >= 11 is 3.41. The fourth-order valence-corrected chi connectivity index (χ4v) is 9.15. The molecule has 0 fully saturated rings. The number of rotatable bonds is 20. The molecule has 0 aromatic carbocycles. The van der Waals surface area contributed by atoms with Crippen molar-refractivity contribution >= 4 is 44.1 Å². The summed E-state index contributed by atoms with van der Waals surface area (Å²) in [7, 11) is -3.76. The van der Waals surface area contributed by atoms with Gasteiger partial charge in [0.1, 0.15) is 0 Å². The molecule has 6 N–H and O–H groups in total. The maximum absolute atomic E-state index is 10.3. The smallest absolute Gasteiger partial charge is 0.0557 e. The molecule has 11 heteroatoms. The lowest BCUT2D eigenvalue weighted by Crippen LogP contribution is -2.19. The van der Waals surface area contributed by atoms with Crippen molar-refractivity contribution in [1.29, 1.82) is 0 Å². The van der Waals surface area contributed by atoms with Crippen LogP contribution in [0.4, 0.5) is 0 Å². The third-order valence-corrected chi connectivity index (χ3v) is 12.0. The lowest BCUT2D eigenvalue weighted by atomic mass is 10.8. The van der Waals surface area contributed by atoms with Crippen LogP contribution in [0.25, 0.3) is 0 Å². The van der Waals surface area contributed by atoms with E-state index in [1.54, 1.807) is 23.5 Å². The summed E-state index contributed by atoms with van der Waals surface area (Å²) in [6, 6.07) is 0. The van der Waals surface area contributed by atoms with E-state index >= 15 is 0 Å². The fourth-order valence-electron chi connectivity index (χ4n) is 2.26.